The van der Waals surface area contributed by atoms with Crippen LogP contribution in [0.4, 0.5) is 0 Å². The molecule has 2 aromatic carbocycles. The van der Waals surface area contributed by atoms with Gasteiger partial charge >= 0.3 is 0 Å². The summed E-state index contributed by atoms with van der Waals surface area (Å²) in [6.07, 6.45) is 0. The van der Waals surface area contributed by atoms with Gasteiger partial charge in [0.25, 0.3) is 5.56 Å². The molecule has 0 aliphatic heterocycles. The summed E-state index contributed by atoms with van der Waals surface area (Å²) < 4.78 is 0. The molecule has 4 nitrogen and oxygen atoms in total. The molecule has 0 fully saturated rings. The topological polar surface area (TPSA) is 53.2 Å². The van der Waals surface area contributed by atoms with E-state index in [1.165, 1.54) is 12.5 Å². The van der Waals surface area contributed by atoms with Gasteiger partial charge in [-0.05, 0) is 49.4 Å². The first-order chi connectivity index (χ1) is 12.3. The van der Waals surface area contributed by atoms with E-state index in [0.717, 1.165) is 27.6 Å². The highest BCUT2D eigenvalue weighted by Gasteiger charge is 2.14. The lowest BCUT2D eigenvalue weighted by Gasteiger charge is -2.21. The fraction of sp³-hybridized carbons (Fsp3) is 0.273. The molecule has 3 rings (SSSR count). The van der Waals surface area contributed by atoms with Crippen molar-refractivity contribution in [2.45, 2.75) is 40.8 Å². The molecule has 0 unspecified atom stereocenters. The summed E-state index contributed by atoms with van der Waals surface area (Å²) in [6, 6.07) is 14.1. The minimum atomic E-state index is -0.139. The second-order valence-electron chi connectivity index (χ2n) is 7.03. The normalized spacial score (nSPS) is 10.9. The van der Waals surface area contributed by atoms with E-state index in [-0.39, 0.29) is 11.5 Å². The zero-order valence-electron chi connectivity index (χ0n) is 15.7. The summed E-state index contributed by atoms with van der Waals surface area (Å²) in [4.78, 5) is 29.3. The van der Waals surface area contributed by atoms with Gasteiger partial charge in [-0.25, -0.2) is 0 Å². The molecule has 3 aromatic rings. The molecular formula is C22H24N2O2. The summed E-state index contributed by atoms with van der Waals surface area (Å²) in [6.45, 7) is 8.38. The van der Waals surface area contributed by atoms with E-state index < -0.39 is 0 Å². The van der Waals surface area contributed by atoms with E-state index in [1.54, 1.807) is 4.90 Å². The molecule has 0 saturated carbocycles. The monoisotopic (exact) mass is 348 g/mol. The predicted octanol–water partition coefficient (Wildman–Crippen LogP) is 4.00. The molecule has 0 aliphatic carbocycles. The van der Waals surface area contributed by atoms with Crippen LogP contribution >= 0.6 is 0 Å². The van der Waals surface area contributed by atoms with Crippen LogP contribution in [0.3, 0.4) is 0 Å². The van der Waals surface area contributed by atoms with Crippen LogP contribution in [-0.4, -0.2) is 15.8 Å². The van der Waals surface area contributed by atoms with Crippen molar-refractivity contribution in [1.82, 2.24) is 9.88 Å². The van der Waals surface area contributed by atoms with Crippen molar-refractivity contribution < 1.29 is 4.79 Å². The number of nitrogens with zero attached hydrogens (tertiary/aromatic N) is 1. The average Bonchev–Trinajstić information content (AvgIpc) is 2.57. The number of aryl methyl sites for hydroxylation is 3. The zero-order chi connectivity index (χ0) is 18.8. The van der Waals surface area contributed by atoms with Gasteiger partial charge in [-0.15, -0.1) is 0 Å². The summed E-state index contributed by atoms with van der Waals surface area (Å²) in [5, 5.41) is 0.996. The average molecular weight is 348 g/mol. The van der Waals surface area contributed by atoms with Crippen molar-refractivity contribution in [2.75, 3.05) is 0 Å². The molecule has 0 bridgehead atoms. The Morgan fingerprint density at radius 3 is 2.31 bits per heavy atom. The van der Waals surface area contributed by atoms with Gasteiger partial charge in [0.15, 0.2) is 0 Å². The molecule has 134 valence electrons. The smallest absolute Gasteiger partial charge is 0.253 e. The molecule has 1 aromatic heterocycles. The Hall–Kier alpha value is -2.88. The van der Waals surface area contributed by atoms with E-state index in [4.69, 9.17) is 0 Å². The highest BCUT2D eigenvalue weighted by atomic mass is 16.2. The number of pyridine rings is 1. The highest BCUT2D eigenvalue weighted by Crippen LogP contribution is 2.19. The Bertz CT molecular complexity index is 1020. The van der Waals surface area contributed by atoms with Crippen molar-refractivity contribution in [2.24, 2.45) is 0 Å². The number of carbonyl (C=O) groups is 1. The van der Waals surface area contributed by atoms with E-state index in [1.807, 2.05) is 51.1 Å². The van der Waals surface area contributed by atoms with Gasteiger partial charge in [0.1, 0.15) is 0 Å². The van der Waals surface area contributed by atoms with E-state index in [2.05, 4.69) is 17.1 Å². The third-order valence-corrected chi connectivity index (χ3v) is 4.67. The van der Waals surface area contributed by atoms with Gasteiger partial charge in [0.2, 0.25) is 5.91 Å². The minimum absolute atomic E-state index is 0.0505. The Morgan fingerprint density at radius 2 is 1.65 bits per heavy atom. The second-order valence-corrected chi connectivity index (χ2v) is 7.03. The van der Waals surface area contributed by atoms with E-state index in [0.29, 0.717) is 18.7 Å². The Labute approximate surface area is 153 Å². The molecule has 1 heterocycles. The van der Waals surface area contributed by atoms with Crippen LogP contribution in [0.25, 0.3) is 10.9 Å². The predicted molar refractivity (Wildman–Crippen MR) is 105 cm³/mol. The van der Waals surface area contributed by atoms with E-state index in [9.17, 15) is 9.59 Å². The van der Waals surface area contributed by atoms with Crippen LogP contribution in [0.15, 0.2) is 47.3 Å². The van der Waals surface area contributed by atoms with Gasteiger partial charge in [0.05, 0.1) is 12.1 Å². The Balaban J connectivity index is 1.93. The van der Waals surface area contributed by atoms with Crippen molar-refractivity contribution in [3.8, 4) is 0 Å². The maximum Gasteiger partial charge on any atom is 0.253 e. The summed E-state index contributed by atoms with van der Waals surface area (Å²) in [5.41, 5.74) is 5.75. The van der Waals surface area contributed by atoms with Gasteiger partial charge in [-0.3, -0.25) is 9.59 Å². The molecule has 4 heteroatoms. The number of rotatable bonds is 4. The van der Waals surface area contributed by atoms with Gasteiger partial charge < -0.3 is 9.88 Å². The third kappa shape index (κ3) is 3.85. The maximum absolute atomic E-state index is 12.5. The zero-order valence-corrected chi connectivity index (χ0v) is 15.7. The Morgan fingerprint density at radius 1 is 0.962 bits per heavy atom. The summed E-state index contributed by atoms with van der Waals surface area (Å²) in [5.74, 6) is -0.0505. The number of nitrogens with one attached hydrogen (secondary N) is 1. The first kappa shape index (κ1) is 17.9. The molecular weight excluding hydrogens is 324 g/mol. The third-order valence-electron chi connectivity index (χ3n) is 4.67. The number of H-pyrrole nitrogens is 1. The van der Waals surface area contributed by atoms with Crippen LogP contribution in [-0.2, 0) is 17.9 Å². The molecule has 0 saturated heterocycles. The fourth-order valence-electron chi connectivity index (χ4n) is 3.25. The minimum Gasteiger partial charge on any atom is -0.334 e. The van der Waals surface area contributed by atoms with E-state index >= 15 is 0 Å². The second kappa shape index (κ2) is 7.16. The van der Waals surface area contributed by atoms with Crippen molar-refractivity contribution in [3.05, 3.63) is 80.6 Å². The number of amides is 1. The van der Waals surface area contributed by atoms with Crippen LogP contribution in [0.2, 0.25) is 0 Å². The lowest BCUT2D eigenvalue weighted by Crippen LogP contribution is -2.30. The van der Waals surface area contributed by atoms with Crippen LogP contribution in [0, 0.1) is 20.8 Å². The molecule has 0 radical (unpaired) electrons. The largest absolute Gasteiger partial charge is 0.334 e. The number of benzene rings is 2. The van der Waals surface area contributed by atoms with Crippen molar-refractivity contribution in [1.29, 1.82) is 0 Å². The number of carbonyl (C=O) groups excluding carboxylic acids is 1. The van der Waals surface area contributed by atoms with Crippen LogP contribution in [0.1, 0.15) is 34.7 Å². The lowest BCUT2D eigenvalue weighted by molar-refractivity contribution is -0.130. The standard InChI is InChI=1S/C22H24N2O2/c1-14-5-7-18(8-6-14)12-24(17(4)25)13-20-11-19-10-15(2)9-16(3)21(19)23-22(20)26/h5-11H,12-13H2,1-4H3,(H,23,26). The first-order valence-electron chi connectivity index (χ1n) is 8.77. The lowest BCUT2D eigenvalue weighted by atomic mass is 10.0. The quantitative estimate of drug-likeness (QED) is 0.775. The van der Waals surface area contributed by atoms with Crippen molar-refractivity contribution in [3.63, 3.8) is 0 Å². The first-order valence-corrected chi connectivity index (χ1v) is 8.77. The van der Waals surface area contributed by atoms with Crippen molar-refractivity contribution >= 4 is 16.8 Å². The van der Waals surface area contributed by atoms with Gasteiger partial charge in [-0.1, -0.05) is 41.5 Å². The number of aromatic nitrogens is 1. The van der Waals surface area contributed by atoms with Gasteiger partial charge in [0, 0.05) is 19.0 Å². The Kier molecular flexibility index (Phi) is 4.94. The van der Waals surface area contributed by atoms with Gasteiger partial charge in [-0.2, -0.15) is 0 Å². The number of hydrogen-bond donors (Lipinski definition) is 1. The molecule has 0 aliphatic rings. The molecule has 1 amide bonds. The molecule has 0 atom stereocenters. The summed E-state index contributed by atoms with van der Waals surface area (Å²) >= 11 is 0. The van der Waals surface area contributed by atoms with Crippen LogP contribution in [0.5, 0.6) is 0 Å². The van der Waals surface area contributed by atoms with Crippen LogP contribution < -0.4 is 5.56 Å². The number of aromatic amines is 1. The maximum atomic E-state index is 12.5. The number of hydrogen-bond acceptors (Lipinski definition) is 2. The summed E-state index contributed by atoms with van der Waals surface area (Å²) in [7, 11) is 0. The highest BCUT2D eigenvalue weighted by molar-refractivity contribution is 5.83. The SMILES string of the molecule is CC(=O)N(Cc1ccc(C)cc1)Cc1cc2cc(C)cc(C)c2[nH]c1=O. The fourth-order valence-corrected chi connectivity index (χ4v) is 3.25. The molecule has 0 spiro atoms. The molecule has 1 N–H and O–H groups in total. The molecule has 26 heavy (non-hydrogen) atoms. The number of fused-ring (bicyclic) bond motifs is 1.